The van der Waals surface area contributed by atoms with E-state index in [2.05, 4.69) is 0 Å². The van der Waals surface area contributed by atoms with Crippen LogP contribution in [0.2, 0.25) is 0 Å². The number of hydrogen-bond donors (Lipinski definition) is 0. The lowest BCUT2D eigenvalue weighted by atomic mass is 9.95. The van der Waals surface area contributed by atoms with Crippen LogP contribution in [0, 0.1) is 13.8 Å². The number of benzene rings is 1. The van der Waals surface area contributed by atoms with Crippen molar-refractivity contribution in [2.75, 3.05) is 0 Å². The van der Waals surface area contributed by atoms with Crippen molar-refractivity contribution in [3.8, 4) is 0 Å². The van der Waals surface area contributed by atoms with Crippen LogP contribution in [-0.2, 0) is 4.79 Å². The molecule has 1 aromatic rings. The fourth-order valence-corrected chi connectivity index (χ4v) is 1.35. The van der Waals surface area contributed by atoms with Gasteiger partial charge in [-0.1, -0.05) is 30.7 Å². The monoisotopic (exact) mass is 177 g/mol. The number of rotatable bonds is 2. The average Bonchev–Trinajstić information content (AvgIpc) is 2.08. The highest BCUT2D eigenvalue weighted by molar-refractivity contribution is 5.74. The second-order valence-corrected chi connectivity index (χ2v) is 3.40. The fourth-order valence-electron chi connectivity index (χ4n) is 1.35. The Bertz CT molecular complexity index is 329. The maximum absolute atomic E-state index is 10.7. The molecule has 1 aromatic carbocycles. The molecule has 0 amide bonds. The van der Waals surface area contributed by atoms with Gasteiger partial charge in [-0.05, 0) is 25.0 Å². The molecule has 0 fully saturated rings. The SMILES string of the molecule is Cc1ccc(C)c(C(C)C(=O)[O-])c1. The van der Waals surface area contributed by atoms with Crippen LogP contribution in [0.25, 0.3) is 0 Å². The van der Waals surface area contributed by atoms with Gasteiger partial charge in [0, 0.05) is 11.9 Å². The molecular weight excluding hydrogens is 164 g/mol. The van der Waals surface area contributed by atoms with Crippen LogP contribution < -0.4 is 5.11 Å². The van der Waals surface area contributed by atoms with Crippen LogP contribution in [0.15, 0.2) is 18.2 Å². The van der Waals surface area contributed by atoms with E-state index in [0.29, 0.717) is 0 Å². The quantitative estimate of drug-likeness (QED) is 0.680. The third kappa shape index (κ3) is 2.08. The molecule has 1 rings (SSSR count). The smallest absolute Gasteiger partial charge is 0.0486 e. The molecule has 0 saturated carbocycles. The Morgan fingerprint density at radius 3 is 2.54 bits per heavy atom. The first-order chi connectivity index (χ1) is 6.02. The fraction of sp³-hybridized carbons (Fsp3) is 0.364. The van der Waals surface area contributed by atoms with Crippen molar-refractivity contribution in [2.45, 2.75) is 26.7 Å². The van der Waals surface area contributed by atoms with E-state index < -0.39 is 11.9 Å². The number of carboxylic acid groups (broad SMARTS) is 1. The molecule has 0 N–H and O–H groups in total. The van der Waals surface area contributed by atoms with Gasteiger partial charge in [0.2, 0.25) is 0 Å². The molecule has 0 aliphatic rings. The van der Waals surface area contributed by atoms with Crippen molar-refractivity contribution < 1.29 is 9.90 Å². The van der Waals surface area contributed by atoms with E-state index in [1.54, 1.807) is 6.92 Å². The van der Waals surface area contributed by atoms with Gasteiger partial charge in [0.1, 0.15) is 0 Å². The Labute approximate surface area is 78.2 Å². The molecule has 0 spiro atoms. The van der Waals surface area contributed by atoms with Gasteiger partial charge >= 0.3 is 0 Å². The first kappa shape index (κ1) is 9.78. The first-order valence-electron chi connectivity index (χ1n) is 4.30. The second-order valence-electron chi connectivity index (χ2n) is 3.40. The zero-order valence-electron chi connectivity index (χ0n) is 8.13. The van der Waals surface area contributed by atoms with Crippen LogP contribution in [0.5, 0.6) is 0 Å². The van der Waals surface area contributed by atoms with E-state index in [1.807, 2.05) is 32.0 Å². The highest BCUT2D eigenvalue weighted by atomic mass is 16.4. The van der Waals surface area contributed by atoms with E-state index in [0.717, 1.165) is 16.7 Å². The van der Waals surface area contributed by atoms with Gasteiger partial charge in [-0.2, -0.15) is 0 Å². The molecule has 0 aliphatic heterocycles. The first-order valence-corrected chi connectivity index (χ1v) is 4.30. The lowest BCUT2D eigenvalue weighted by Gasteiger charge is -2.16. The molecule has 2 nitrogen and oxygen atoms in total. The van der Waals surface area contributed by atoms with Crippen LogP contribution in [0.4, 0.5) is 0 Å². The minimum absolute atomic E-state index is 0.528. The maximum Gasteiger partial charge on any atom is 0.0486 e. The van der Waals surface area contributed by atoms with Crippen molar-refractivity contribution in [2.24, 2.45) is 0 Å². The van der Waals surface area contributed by atoms with Crippen molar-refractivity contribution in [1.29, 1.82) is 0 Å². The summed E-state index contributed by atoms with van der Waals surface area (Å²) in [5.41, 5.74) is 2.93. The zero-order valence-corrected chi connectivity index (χ0v) is 8.13. The van der Waals surface area contributed by atoms with E-state index in [-0.39, 0.29) is 0 Å². The topological polar surface area (TPSA) is 40.1 Å². The van der Waals surface area contributed by atoms with Crippen LogP contribution in [0.3, 0.4) is 0 Å². The molecule has 70 valence electrons. The average molecular weight is 177 g/mol. The molecule has 0 radical (unpaired) electrons. The van der Waals surface area contributed by atoms with Gasteiger partial charge in [0.15, 0.2) is 0 Å². The lowest BCUT2D eigenvalue weighted by Crippen LogP contribution is -2.28. The number of hydrogen-bond acceptors (Lipinski definition) is 2. The Morgan fingerprint density at radius 1 is 1.38 bits per heavy atom. The van der Waals surface area contributed by atoms with Gasteiger partial charge in [-0.3, -0.25) is 0 Å². The normalized spacial score (nSPS) is 12.5. The molecule has 2 heteroatoms. The van der Waals surface area contributed by atoms with Crippen LogP contribution in [0.1, 0.15) is 29.5 Å². The summed E-state index contributed by atoms with van der Waals surface area (Å²) in [5, 5.41) is 10.7. The summed E-state index contributed by atoms with van der Waals surface area (Å²) in [7, 11) is 0. The van der Waals surface area contributed by atoms with E-state index in [9.17, 15) is 9.90 Å². The van der Waals surface area contributed by atoms with E-state index in [1.165, 1.54) is 0 Å². The summed E-state index contributed by atoms with van der Waals surface area (Å²) in [6.45, 7) is 5.51. The molecule has 1 atom stereocenters. The predicted molar refractivity (Wildman–Crippen MR) is 49.3 cm³/mol. The minimum atomic E-state index is -1.02. The third-order valence-corrected chi connectivity index (χ3v) is 2.25. The van der Waals surface area contributed by atoms with Crippen LogP contribution >= 0.6 is 0 Å². The van der Waals surface area contributed by atoms with Crippen molar-refractivity contribution in [3.63, 3.8) is 0 Å². The van der Waals surface area contributed by atoms with E-state index in [4.69, 9.17) is 0 Å². The largest absolute Gasteiger partial charge is 0.550 e. The van der Waals surface area contributed by atoms with Crippen molar-refractivity contribution in [1.82, 2.24) is 0 Å². The molecular formula is C11H13O2-. The Balaban J connectivity index is 3.12. The summed E-state index contributed by atoms with van der Waals surface area (Å²) >= 11 is 0. The molecule has 0 heterocycles. The molecule has 0 saturated heterocycles. The molecule has 13 heavy (non-hydrogen) atoms. The van der Waals surface area contributed by atoms with Gasteiger partial charge in [0.25, 0.3) is 0 Å². The summed E-state index contributed by atoms with van der Waals surface area (Å²) in [6, 6.07) is 5.81. The van der Waals surface area contributed by atoms with E-state index >= 15 is 0 Å². The Hall–Kier alpha value is -1.31. The number of carboxylic acids is 1. The molecule has 0 bridgehead atoms. The summed E-state index contributed by atoms with van der Waals surface area (Å²) in [6.07, 6.45) is 0. The summed E-state index contributed by atoms with van der Waals surface area (Å²) < 4.78 is 0. The van der Waals surface area contributed by atoms with Gasteiger partial charge in [0.05, 0.1) is 0 Å². The van der Waals surface area contributed by atoms with Crippen molar-refractivity contribution >= 4 is 5.97 Å². The maximum atomic E-state index is 10.7. The number of aryl methyl sites for hydroxylation is 2. The lowest BCUT2D eigenvalue weighted by molar-refractivity contribution is -0.307. The molecule has 0 aromatic heterocycles. The molecule has 0 aliphatic carbocycles. The van der Waals surface area contributed by atoms with Gasteiger partial charge < -0.3 is 9.90 Å². The standard InChI is InChI=1S/C11H14O2/c1-7-4-5-8(2)10(6-7)9(3)11(12)13/h4-6,9H,1-3H3,(H,12,13)/p-1. The minimum Gasteiger partial charge on any atom is -0.550 e. The number of carbonyl (C=O) groups is 1. The van der Waals surface area contributed by atoms with Gasteiger partial charge in [-0.15, -0.1) is 0 Å². The van der Waals surface area contributed by atoms with Crippen LogP contribution in [-0.4, -0.2) is 5.97 Å². The highest BCUT2D eigenvalue weighted by Gasteiger charge is 2.08. The summed E-state index contributed by atoms with van der Waals surface area (Å²) in [5.74, 6) is -1.55. The molecule has 1 unspecified atom stereocenters. The van der Waals surface area contributed by atoms with Crippen molar-refractivity contribution in [3.05, 3.63) is 34.9 Å². The predicted octanol–water partition coefficient (Wildman–Crippen LogP) is 1.16. The highest BCUT2D eigenvalue weighted by Crippen LogP contribution is 2.20. The second kappa shape index (κ2) is 3.60. The summed E-state index contributed by atoms with van der Waals surface area (Å²) in [4.78, 5) is 10.7. The van der Waals surface area contributed by atoms with Gasteiger partial charge in [-0.25, -0.2) is 0 Å². The number of aliphatic carboxylic acids is 1. The third-order valence-electron chi connectivity index (χ3n) is 2.25. The Morgan fingerprint density at radius 2 is 2.00 bits per heavy atom. The Kier molecular flexibility index (Phi) is 2.71. The zero-order chi connectivity index (χ0) is 10.0. The number of carbonyl (C=O) groups excluding carboxylic acids is 1.